The molecule has 0 bridgehead atoms. The predicted octanol–water partition coefficient (Wildman–Crippen LogP) is 4.41. The molecule has 0 radical (unpaired) electrons. The third-order valence-electron chi connectivity index (χ3n) is 2.80. The van der Waals surface area contributed by atoms with Crippen LogP contribution in [0.4, 0.5) is 16.6 Å². The van der Waals surface area contributed by atoms with Crippen molar-refractivity contribution < 1.29 is 4.92 Å². The quantitative estimate of drug-likeness (QED) is 0.549. The lowest BCUT2D eigenvalue weighted by Gasteiger charge is -2.02. The lowest BCUT2D eigenvalue weighted by Crippen LogP contribution is -1.99. The van der Waals surface area contributed by atoms with Crippen LogP contribution in [0, 0.1) is 17.0 Å². The number of pyridine rings is 1. The molecule has 0 aliphatic rings. The van der Waals surface area contributed by atoms with Crippen LogP contribution in [0.3, 0.4) is 0 Å². The molecular weight excluding hydrogens is 356 g/mol. The number of hydrogen-bond donors (Lipinski definition) is 1. The molecule has 106 valence electrons. The molecule has 0 saturated carbocycles. The maximum Gasteiger partial charge on any atom is 0.312 e. The Bertz CT molecular complexity index is 849. The molecule has 3 aromatic rings. The monoisotopic (exact) mass is 364 g/mol. The number of rotatable bonds is 3. The molecule has 6 nitrogen and oxygen atoms in total. The number of benzene rings is 1. The van der Waals surface area contributed by atoms with Crippen molar-refractivity contribution in [1.29, 1.82) is 0 Å². The zero-order valence-corrected chi connectivity index (χ0v) is 13.2. The Kier molecular flexibility index (Phi) is 3.56. The molecule has 0 fully saturated rings. The van der Waals surface area contributed by atoms with Crippen molar-refractivity contribution >= 4 is 54.1 Å². The van der Waals surface area contributed by atoms with E-state index in [1.54, 1.807) is 0 Å². The Morgan fingerprint density at radius 1 is 1.38 bits per heavy atom. The van der Waals surface area contributed by atoms with Crippen molar-refractivity contribution in [3.8, 4) is 0 Å². The van der Waals surface area contributed by atoms with Gasteiger partial charge in [-0.1, -0.05) is 17.4 Å². The molecule has 0 unspecified atom stereocenters. The van der Waals surface area contributed by atoms with E-state index in [1.807, 2.05) is 25.1 Å². The van der Waals surface area contributed by atoms with Gasteiger partial charge in [-0.05, 0) is 40.5 Å². The first kappa shape index (κ1) is 13.9. The number of halogens is 1. The van der Waals surface area contributed by atoms with Gasteiger partial charge in [0.2, 0.25) is 5.82 Å². The average molecular weight is 365 g/mol. The molecular formula is C13H9BrN4O2S. The fourth-order valence-corrected chi connectivity index (χ4v) is 3.13. The number of nitrogens with one attached hydrogen (secondary N) is 1. The number of anilines is 2. The minimum Gasteiger partial charge on any atom is -0.310 e. The Labute approximate surface area is 132 Å². The highest BCUT2D eigenvalue weighted by atomic mass is 79.9. The van der Waals surface area contributed by atoms with Crippen LogP contribution in [0.25, 0.3) is 10.2 Å². The highest BCUT2D eigenvalue weighted by Gasteiger charge is 2.17. The van der Waals surface area contributed by atoms with E-state index in [9.17, 15) is 10.1 Å². The van der Waals surface area contributed by atoms with Crippen LogP contribution in [0.5, 0.6) is 0 Å². The summed E-state index contributed by atoms with van der Waals surface area (Å²) in [4.78, 5) is 19.0. The van der Waals surface area contributed by atoms with Crippen molar-refractivity contribution in [3.63, 3.8) is 0 Å². The lowest BCUT2D eigenvalue weighted by atomic mass is 10.2. The molecule has 0 spiro atoms. The first-order valence-corrected chi connectivity index (χ1v) is 7.58. The Morgan fingerprint density at radius 2 is 2.19 bits per heavy atom. The number of aryl methyl sites for hydroxylation is 1. The smallest absolute Gasteiger partial charge is 0.310 e. The first-order chi connectivity index (χ1) is 10.0. The summed E-state index contributed by atoms with van der Waals surface area (Å²) in [5, 5.41) is 14.6. The lowest BCUT2D eigenvalue weighted by molar-refractivity contribution is -0.384. The minimum absolute atomic E-state index is 0.0974. The molecule has 0 aliphatic carbocycles. The Balaban J connectivity index is 2.00. The van der Waals surface area contributed by atoms with Crippen molar-refractivity contribution in [2.24, 2.45) is 0 Å². The SMILES string of the molecule is Cc1ccc2nc(Nc3ncc(Br)cc3[N+](=O)[O-])sc2c1. The Morgan fingerprint density at radius 3 is 2.95 bits per heavy atom. The molecule has 2 aromatic heterocycles. The summed E-state index contributed by atoms with van der Waals surface area (Å²) in [5.74, 6) is 0.180. The maximum absolute atomic E-state index is 11.1. The number of aromatic nitrogens is 2. The molecule has 0 amide bonds. The van der Waals surface area contributed by atoms with Gasteiger partial charge < -0.3 is 5.32 Å². The number of fused-ring (bicyclic) bond motifs is 1. The maximum atomic E-state index is 11.1. The van der Waals surface area contributed by atoms with E-state index in [2.05, 4.69) is 31.2 Å². The number of nitro groups is 1. The molecule has 8 heteroatoms. The fourth-order valence-electron chi connectivity index (χ4n) is 1.85. The molecule has 0 aliphatic heterocycles. The second-order valence-corrected chi connectivity index (χ2v) is 6.34. The molecule has 1 aromatic carbocycles. The van der Waals surface area contributed by atoms with Crippen LogP contribution in [0.1, 0.15) is 5.56 Å². The normalized spacial score (nSPS) is 10.8. The van der Waals surface area contributed by atoms with Crippen LogP contribution in [-0.4, -0.2) is 14.9 Å². The van der Waals surface area contributed by atoms with Crippen molar-refractivity contribution in [2.45, 2.75) is 6.92 Å². The van der Waals surface area contributed by atoms with Crippen LogP contribution < -0.4 is 5.32 Å². The van der Waals surface area contributed by atoms with E-state index in [4.69, 9.17) is 0 Å². The molecule has 3 rings (SSSR count). The van der Waals surface area contributed by atoms with Crippen molar-refractivity contribution in [1.82, 2.24) is 9.97 Å². The summed E-state index contributed by atoms with van der Waals surface area (Å²) in [6, 6.07) is 7.34. The van der Waals surface area contributed by atoms with Gasteiger partial charge in [0.25, 0.3) is 0 Å². The highest BCUT2D eigenvalue weighted by molar-refractivity contribution is 9.10. The van der Waals surface area contributed by atoms with E-state index in [1.165, 1.54) is 23.6 Å². The van der Waals surface area contributed by atoms with Gasteiger partial charge in [0.05, 0.1) is 15.1 Å². The summed E-state index contributed by atoms with van der Waals surface area (Å²) >= 11 is 4.61. The summed E-state index contributed by atoms with van der Waals surface area (Å²) in [6.07, 6.45) is 1.51. The van der Waals surface area contributed by atoms with E-state index in [0.29, 0.717) is 9.60 Å². The van der Waals surface area contributed by atoms with E-state index in [0.717, 1.165) is 15.8 Å². The number of hydrogen-bond acceptors (Lipinski definition) is 6. The molecule has 0 saturated heterocycles. The summed E-state index contributed by atoms with van der Waals surface area (Å²) in [7, 11) is 0. The van der Waals surface area contributed by atoms with Crippen LogP contribution in [-0.2, 0) is 0 Å². The van der Waals surface area contributed by atoms with Gasteiger partial charge in [-0.15, -0.1) is 0 Å². The van der Waals surface area contributed by atoms with Crippen molar-refractivity contribution in [2.75, 3.05) is 5.32 Å². The highest BCUT2D eigenvalue weighted by Crippen LogP contribution is 2.32. The van der Waals surface area contributed by atoms with Crippen molar-refractivity contribution in [3.05, 3.63) is 50.6 Å². The standard InChI is InChI=1S/C13H9BrN4O2S/c1-7-2-3-9-11(4-7)21-13(16-9)17-12-10(18(19)20)5-8(14)6-15-12/h2-6H,1H3,(H,15,16,17). The van der Waals surface area contributed by atoms with E-state index >= 15 is 0 Å². The zero-order chi connectivity index (χ0) is 15.0. The first-order valence-electron chi connectivity index (χ1n) is 5.97. The zero-order valence-electron chi connectivity index (χ0n) is 10.8. The van der Waals surface area contributed by atoms with Gasteiger partial charge in [-0.2, -0.15) is 0 Å². The summed E-state index contributed by atoms with van der Waals surface area (Å²) in [6.45, 7) is 2.01. The fraction of sp³-hybridized carbons (Fsp3) is 0.0769. The van der Waals surface area contributed by atoms with Gasteiger partial charge in [0.1, 0.15) is 0 Å². The minimum atomic E-state index is -0.475. The number of nitrogens with zero attached hydrogens (tertiary/aromatic N) is 3. The second kappa shape index (κ2) is 5.38. The second-order valence-electron chi connectivity index (χ2n) is 4.39. The summed E-state index contributed by atoms with van der Waals surface area (Å²) < 4.78 is 1.58. The Hall–Kier alpha value is -2.06. The van der Waals surface area contributed by atoms with Gasteiger partial charge in [0.15, 0.2) is 5.13 Å². The topological polar surface area (TPSA) is 81.0 Å². The average Bonchev–Trinajstić information content (AvgIpc) is 2.82. The molecule has 2 heterocycles. The van der Waals surface area contributed by atoms with Gasteiger partial charge in [-0.25, -0.2) is 9.97 Å². The predicted molar refractivity (Wildman–Crippen MR) is 86.2 cm³/mol. The van der Waals surface area contributed by atoms with E-state index in [-0.39, 0.29) is 11.5 Å². The van der Waals surface area contributed by atoms with E-state index < -0.39 is 4.92 Å². The largest absolute Gasteiger partial charge is 0.312 e. The number of thiazole rings is 1. The molecule has 1 N–H and O–H groups in total. The van der Waals surface area contributed by atoms with Gasteiger partial charge in [0, 0.05) is 16.7 Å². The molecule has 21 heavy (non-hydrogen) atoms. The molecule has 0 atom stereocenters. The van der Waals surface area contributed by atoms with Crippen LogP contribution >= 0.6 is 27.3 Å². The third-order valence-corrected chi connectivity index (χ3v) is 4.17. The van der Waals surface area contributed by atoms with Gasteiger partial charge >= 0.3 is 5.69 Å². The summed E-state index contributed by atoms with van der Waals surface area (Å²) in [5.41, 5.74) is 1.90. The van der Waals surface area contributed by atoms with Crippen LogP contribution in [0.2, 0.25) is 0 Å². The van der Waals surface area contributed by atoms with Crippen LogP contribution in [0.15, 0.2) is 34.9 Å². The van der Waals surface area contributed by atoms with Gasteiger partial charge in [-0.3, -0.25) is 10.1 Å². The third kappa shape index (κ3) is 2.86.